The van der Waals surface area contributed by atoms with E-state index in [1.165, 1.54) is 23.1 Å². The van der Waals surface area contributed by atoms with Gasteiger partial charge in [0, 0.05) is 23.5 Å². The van der Waals surface area contributed by atoms with Crippen LogP contribution in [-0.4, -0.2) is 31.6 Å². The molecule has 0 radical (unpaired) electrons. The van der Waals surface area contributed by atoms with Gasteiger partial charge in [-0.1, -0.05) is 34.1 Å². The van der Waals surface area contributed by atoms with E-state index in [-0.39, 0.29) is 0 Å². The van der Waals surface area contributed by atoms with Crippen molar-refractivity contribution in [3.63, 3.8) is 0 Å². The largest absolute Gasteiger partial charge is 0.330 e. The molecular formula is C12H17BrN2. The molecule has 1 aromatic rings. The van der Waals surface area contributed by atoms with Gasteiger partial charge >= 0.3 is 0 Å². The summed E-state index contributed by atoms with van der Waals surface area (Å²) in [5, 5.41) is 0. The lowest BCUT2D eigenvalue weighted by Gasteiger charge is -2.41. The van der Waals surface area contributed by atoms with E-state index < -0.39 is 0 Å². The van der Waals surface area contributed by atoms with Crippen molar-refractivity contribution in [3.05, 3.63) is 34.3 Å². The van der Waals surface area contributed by atoms with Crippen molar-refractivity contribution in [2.45, 2.75) is 5.92 Å². The molecule has 0 aliphatic carbocycles. The Morgan fingerprint density at radius 3 is 2.67 bits per heavy atom. The maximum absolute atomic E-state index is 5.89. The van der Waals surface area contributed by atoms with E-state index in [1.807, 2.05) is 6.07 Å². The van der Waals surface area contributed by atoms with Crippen LogP contribution in [0.15, 0.2) is 28.7 Å². The highest BCUT2D eigenvalue weighted by Crippen LogP contribution is 2.34. The van der Waals surface area contributed by atoms with Crippen LogP contribution in [0.5, 0.6) is 0 Å². The number of hydrogen-bond acceptors (Lipinski definition) is 2. The van der Waals surface area contributed by atoms with Crippen molar-refractivity contribution in [1.82, 2.24) is 4.90 Å². The van der Waals surface area contributed by atoms with Gasteiger partial charge < -0.3 is 10.6 Å². The van der Waals surface area contributed by atoms with Crippen molar-refractivity contribution in [1.29, 1.82) is 0 Å². The molecule has 15 heavy (non-hydrogen) atoms. The van der Waals surface area contributed by atoms with Gasteiger partial charge in [-0.2, -0.15) is 0 Å². The second-order valence-corrected chi connectivity index (χ2v) is 5.20. The third-order valence-electron chi connectivity index (χ3n) is 3.22. The summed E-state index contributed by atoms with van der Waals surface area (Å²) in [7, 11) is 2.16. The molecule has 0 saturated carbocycles. The topological polar surface area (TPSA) is 29.3 Å². The van der Waals surface area contributed by atoms with E-state index in [0.717, 1.165) is 12.5 Å². The van der Waals surface area contributed by atoms with Crippen molar-refractivity contribution in [2.75, 3.05) is 26.7 Å². The van der Waals surface area contributed by atoms with Gasteiger partial charge in [-0.05, 0) is 31.1 Å². The Labute approximate surface area is 99.6 Å². The average molecular weight is 269 g/mol. The summed E-state index contributed by atoms with van der Waals surface area (Å²) in [5.74, 6) is 1.22. The predicted octanol–water partition coefficient (Wildman–Crippen LogP) is 2.05. The first-order chi connectivity index (χ1) is 7.22. The lowest BCUT2D eigenvalue weighted by atomic mass is 9.81. The molecule has 1 aromatic carbocycles. The van der Waals surface area contributed by atoms with Gasteiger partial charge in [0.1, 0.15) is 0 Å². The molecule has 0 aromatic heterocycles. The molecule has 2 rings (SSSR count). The molecule has 3 heteroatoms. The molecule has 1 fully saturated rings. The van der Waals surface area contributed by atoms with E-state index in [2.05, 4.69) is 46.1 Å². The van der Waals surface area contributed by atoms with E-state index >= 15 is 0 Å². The van der Waals surface area contributed by atoms with Crippen molar-refractivity contribution in [3.8, 4) is 0 Å². The number of likely N-dealkylation sites (tertiary alicyclic amines) is 1. The van der Waals surface area contributed by atoms with Crippen LogP contribution < -0.4 is 5.73 Å². The van der Waals surface area contributed by atoms with Crippen molar-refractivity contribution >= 4 is 15.9 Å². The fourth-order valence-electron chi connectivity index (χ4n) is 2.35. The quantitative estimate of drug-likeness (QED) is 0.910. The Hall–Kier alpha value is -0.380. The molecule has 1 aliphatic rings. The highest BCUT2D eigenvalue weighted by atomic mass is 79.9. The Kier molecular flexibility index (Phi) is 3.44. The van der Waals surface area contributed by atoms with E-state index in [1.54, 1.807) is 0 Å². The predicted molar refractivity (Wildman–Crippen MR) is 66.9 cm³/mol. The first-order valence-electron chi connectivity index (χ1n) is 5.35. The second-order valence-electron chi connectivity index (χ2n) is 4.34. The molecule has 0 bridgehead atoms. The zero-order valence-electron chi connectivity index (χ0n) is 8.99. The fourth-order valence-corrected chi connectivity index (χ4v) is 2.93. The van der Waals surface area contributed by atoms with E-state index in [4.69, 9.17) is 5.73 Å². The van der Waals surface area contributed by atoms with Gasteiger partial charge in [0.05, 0.1) is 0 Å². The van der Waals surface area contributed by atoms with Gasteiger partial charge in [-0.15, -0.1) is 0 Å². The van der Waals surface area contributed by atoms with Crippen LogP contribution in [-0.2, 0) is 0 Å². The maximum Gasteiger partial charge on any atom is 0.0210 e. The van der Waals surface area contributed by atoms with Crippen LogP contribution in [0.2, 0.25) is 0 Å². The summed E-state index contributed by atoms with van der Waals surface area (Å²) >= 11 is 3.61. The lowest BCUT2D eigenvalue weighted by molar-refractivity contribution is 0.112. The Bertz CT molecular complexity index is 334. The molecular weight excluding hydrogens is 252 g/mol. The summed E-state index contributed by atoms with van der Waals surface area (Å²) in [6.07, 6.45) is 0. The molecule has 1 saturated heterocycles. The number of hydrogen-bond donors (Lipinski definition) is 1. The van der Waals surface area contributed by atoms with Crippen molar-refractivity contribution in [2.24, 2.45) is 11.7 Å². The zero-order valence-corrected chi connectivity index (χ0v) is 10.6. The monoisotopic (exact) mass is 268 g/mol. The summed E-state index contributed by atoms with van der Waals surface area (Å²) in [4.78, 5) is 2.34. The van der Waals surface area contributed by atoms with Gasteiger partial charge in [-0.25, -0.2) is 0 Å². The Balaban J connectivity index is 2.16. The van der Waals surface area contributed by atoms with Crippen LogP contribution >= 0.6 is 15.9 Å². The van der Waals surface area contributed by atoms with Gasteiger partial charge in [0.25, 0.3) is 0 Å². The molecule has 0 spiro atoms. The van der Waals surface area contributed by atoms with Crippen LogP contribution in [0, 0.1) is 5.92 Å². The minimum Gasteiger partial charge on any atom is -0.330 e. The minimum atomic E-state index is 0.497. The number of rotatable bonds is 3. The SMILES string of the molecule is CN1CC(C(CN)c2ccccc2Br)C1. The maximum atomic E-state index is 5.89. The molecule has 2 nitrogen and oxygen atoms in total. The molecule has 1 atom stereocenters. The first kappa shape index (κ1) is 11.1. The van der Waals surface area contributed by atoms with Gasteiger partial charge in [-0.3, -0.25) is 0 Å². The smallest absolute Gasteiger partial charge is 0.0210 e. The van der Waals surface area contributed by atoms with Crippen LogP contribution in [0.1, 0.15) is 11.5 Å². The third kappa shape index (κ3) is 2.25. The first-order valence-corrected chi connectivity index (χ1v) is 6.14. The third-order valence-corrected chi connectivity index (χ3v) is 3.94. The van der Waals surface area contributed by atoms with Crippen LogP contribution in [0.4, 0.5) is 0 Å². The second kappa shape index (κ2) is 4.64. The fraction of sp³-hybridized carbons (Fsp3) is 0.500. The van der Waals surface area contributed by atoms with Gasteiger partial charge in [0.2, 0.25) is 0 Å². The number of nitrogens with two attached hydrogens (primary N) is 1. The Morgan fingerprint density at radius 1 is 1.47 bits per heavy atom. The van der Waals surface area contributed by atoms with Crippen LogP contribution in [0.3, 0.4) is 0 Å². The molecule has 1 heterocycles. The summed E-state index contributed by atoms with van der Waals surface area (Å²) < 4.78 is 1.19. The lowest BCUT2D eigenvalue weighted by Crippen LogP contribution is -2.48. The standard InChI is InChI=1S/C12H17BrN2/c1-15-7-9(8-15)11(6-14)10-4-2-3-5-12(10)13/h2-5,9,11H,6-8,14H2,1H3. The number of halogens is 1. The van der Waals surface area contributed by atoms with Crippen molar-refractivity contribution < 1.29 is 0 Å². The number of benzene rings is 1. The minimum absolute atomic E-state index is 0.497. The summed E-state index contributed by atoms with van der Waals surface area (Å²) in [6, 6.07) is 8.42. The van der Waals surface area contributed by atoms with E-state index in [0.29, 0.717) is 5.92 Å². The Morgan fingerprint density at radius 2 is 2.13 bits per heavy atom. The highest BCUT2D eigenvalue weighted by molar-refractivity contribution is 9.10. The molecule has 1 aliphatic heterocycles. The van der Waals surface area contributed by atoms with Gasteiger partial charge in [0.15, 0.2) is 0 Å². The normalized spacial score (nSPS) is 19.9. The highest BCUT2D eigenvalue weighted by Gasteiger charge is 2.31. The van der Waals surface area contributed by atoms with Crippen LogP contribution in [0.25, 0.3) is 0 Å². The summed E-state index contributed by atoms with van der Waals surface area (Å²) in [6.45, 7) is 3.08. The molecule has 82 valence electrons. The molecule has 1 unspecified atom stereocenters. The zero-order chi connectivity index (χ0) is 10.8. The molecule has 0 amide bonds. The van der Waals surface area contributed by atoms with E-state index in [9.17, 15) is 0 Å². The average Bonchev–Trinajstić information content (AvgIpc) is 2.19. The number of nitrogens with zero attached hydrogens (tertiary/aromatic N) is 1. The molecule has 2 N–H and O–H groups in total. The summed E-state index contributed by atoms with van der Waals surface area (Å²) in [5.41, 5.74) is 7.25.